The van der Waals surface area contributed by atoms with Crippen LogP contribution in [0.5, 0.6) is 5.75 Å². The van der Waals surface area contributed by atoms with Gasteiger partial charge in [-0.2, -0.15) is 0 Å². The zero-order valence-corrected chi connectivity index (χ0v) is 13.7. The van der Waals surface area contributed by atoms with Crippen LogP contribution in [-0.2, 0) is 0 Å². The minimum Gasteiger partial charge on any atom is -0.491 e. The number of urea groups is 1. The maximum absolute atomic E-state index is 12.9. The molecule has 0 spiro atoms. The van der Waals surface area contributed by atoms with Gasteiger partial charge in [0.25, 0.3) is 0 Å². The van der Waals surface area contributed by atoms with Gasteiger partial charge in [-0.05, 0) is 56.2 Å². The van der Waals surface area contributed by atoms with Crippen molar-refractivity contribution in [2.24, 2.45) is 0 Å². The van der Waals surface area contributed by atoms with Crippen molar-refractivity contribution in [1.29, 1.82) is 0 Å². The van der Waals surface area contributed by atoms with Gasteiger partial charge in [0.15, 0.2) is 0 Å². The number of aromatic nitrogens is 1. The molecule has 2 heterocycles. The average Bonchev–Trinajstić information content (AvgIpc) is 3.26. The van der Waals surface area contributed by atoms with E-state index in [1.165, 1.54) is 12.1 Å². The van der Waals surface area contributed by atoms with E-state index in [0.717, 1.165) is 25.1 Å². The third kappa shape index (κ3) is 3.88. The Hall–Kier alpha value is -2.50. The normalized spacial score (nSPS) is 18.4. The molecule has 1 aromatic carbocycles. The lowest BCUT2D eigenvalue weighted by Gasteiger charge is -2.26. The summed E-state index contributed by atoms with van der Waals surface area (Å²) in [5.74, 6) is 0.325. The van der Waals surface area contributed by atoms with Crippen LogP contribution in [0.1, 0.15) is 31.5 Å². The molecular formula is C18H22FN3O2. The van der Waals surface area contributed by atoms with Crippen LogP contribution in [0.2, 0.25) is 0 Å². The molecule has 0 radical (unpaired) electrons. The van der Waals surface area contributed by atoms with Crippen LogP contribution in [0, 0.1) is 5.82 Å². The van der Waals surface area contributed by atoms with Gasteiger partial charge < -0.3 is 19.9 Å². The minimum absolute atomic E-state index is 0.0332. The maximum atomic E-state index is 12.9. The van der Waals surface area contributed by atoms with Gasteiger partial charge in [-0.15, -0.1) is 0 Å². The van der Waals surface area contributed by atoms with E-state index in [0.29, 0.717) is 12.4 Å². The second-order valence-corrected chi connectivity index (χ2v) is 6.05. The van der Waals surface area contributed by atoms with Crippen LogP contribution in [0.15, 0.2) is 42.6 Å². The molecule has 1 fully saturated rings. The van der Waals surface area contributed by atoms with Gasteiger partial charge >= 0.3 is 6.03 Å². The van der Waals surface area contributed by atoms with E-state index >= 15 is 0 Å². The molecule has 2 N–H and O–H groups in total. The summed E-state index contributed by atoms with van der Waals surface area (Å²) in [5.41, 5.74) is 0.974. The number of benzene rings is 1. The predicted molar refractivity (Wildman–Crippen MR) is 89.4 cm³/mol. The summed E-state index contributed by atoms with van der Waals surface area (Å²) in [5, 5.41) is 3.01. The van der Waals surface area contributed by atoms with Crippen LogP contribution in [0.25, 0.3) is 0 Å². The predicted octanol–water partition coefficient (Wildman–Crippen LogP) is 3.47. The second-order valence-electron chi connectivity index (χ2n) is 6.05. The molecule has 1 unspecified atom stereocenters. The molecule has 24 heavy (non-hydrogen) atoms. The van der Waals surface area contributed by atoms with E-state index in [1.807, 2.05) is 30.2 Å². The lowest BCUT2D eigenvalue weighted by Crippen LogP contribution is -2.45. The number of nitrogens with one attached hydrogen (secondary N) is 2. The Kier molecular flexibility index (Phi) is 5.03. The molecule has 1 aliphatic heterocycles. The fourth-order valence-corrected chi connectivity index (χ4v) is 2.96. The van der Waals surface area contributed by atoms with E-state index in [2.05, 4.69) is 10.3 Å². The molecule has 0 aliphatic carbocycles. The number of amides is 2. The van der Waals surface area contributed by atoms with Gasteiger partial charge in [-0.3, -0.25) is 0 Å². The van der Waals surface area contributed by atoms with Crippen LogP contribution in [-0.4, -0.2) is 35.1 Å². The Morgan fingerprint density at radius 1 is 1.42 bits per heavy atom. The fourth-order valence-electron chi connectivity index (χ4n) is 2.96. The first-order valence-electron chi connectivity index (χ1n) is 8.22. The molecule has 2 aromatic rings. The van der Waals surface area contributed by atoms with Crippen molar-refractivity contribution in [2.75, 3.05) is 13.2 Å². The van der Waals surface area contributed by atoms with E-state index in [1.54, 1.807) is 12.1 Å². The Labute approximate surface area is 140 Å². The molecule has 1 saturated heterocycles. The second kappa shape index (κ2) is 7.38. The van der Waals surface area contributed by atoms with Crippen LogP contribution < -0.4 is 10.1 Å². The number of carbonyl (C=O) groups is 1. The Bertz CT molecular complexity index is 657. The van der Waals surface area contributed by atoms with Crippen molar-refractivity contribution in [3.8, 4) is 5.75 Å². The number of ether oxygens (including phenoxy) is 1. The number of hydrogen-bond acceptors (Lipinski definition) is 2. The zero-order chi connectivity index (χ0) is 16.9. The molecule has 128 valence electrons. The van der Waals surface area contributed by atoms with E-state index in [9.17, 15) is 9.18 Å². The highest BCUT2D eigenvalue weighted by Crippen LogP contribution is 2.20. The summed E-state index contributed by atoms with van der Waals surface area (Å²) < 4.78 is 18.6. The third-order valence-corrected chi connectivity index (χ3v) is 4.32. The number of likely N-dealkylation sites (tertiary alicyclic amines) is 1. The first-order valence-corrected chi connectivity index (χ1v) is 8.22. The van der Waals surface area contributed by atoms with Crippen molar-refractivity contribution in [2.45, 2.75) is 31.8 Å². The Morgan fingerprint density at radius 3 is 2.92 bits per heavy atom. The van der Waals surface area contributed by atoms with E-state index in [-0.39, 0.29) is 23.9 Å². The van der Waals surface area contributed by atoms with Gasteiger partial charge in [0.05, 0.1) is 12.1 Å². The third-order valence-electron chi connectivity index (χ3n) is 4.32. The number of aromatic amines is 1. The molecule has 3 rings (SSSR count). The van der Waals surface area contributed by atoms with Crippen LogP contribution in [0.3, 0.4) is 0 Å². The summed E-state index contributed by atoms with van der Waals surface area (Å²) in [6, 6.07) is 9.67. The van der Waals surface area contributed by atoms with E-state index in [4.69, 9.17) is 4.74 Å². The van der Waals surface area contributed by atoms with Crippen LogP contribution >= 0.6 is 0 Å². The monoisotopic (exact) mass is 331 g/mol. The molecule has 2 atom stereocenters. The number of H-pyrrole nitrogens is 1. The largest absolute Gasteiger partial charge is 0.491 e. The van der Waals surface area contributed by atoms with Gasteiger partial charge in [0, 0.05) is 18.4 Å². The smallest absolute Gasteiger partial charge is 0.318 e. The topological polar surface area (TPSA) is 57.4 Å². The lowest BCUT2D eigenvalue weighted by molar-refractivity contribution is 0.163. The lowest BCUT2D eigenvalue weighted by atomic mass is 10.2. The van der Waals surface area contributed by atoms with Gasteiger partial charge in [0.2, 0.25) is 0 Å². The Balaban J connectivity index is 1.54. The quantitative estimate of drug-likeness (QED) is 0.881. The van der Waals surface area contributed by atoms with Crippen LogP contribution in [0.4, 0.5) is 9.18 Å². The van der Waals surface area contributed by atoms with Crippen molar-refractivity contribution in [3.63, 3.8) is 0 Å². The standard InChI is InChI=1S/C18H22FN3O2/c1-13(17-5-2-10-20-17)21-18(23)22-11-3-4-15(22)12-24-16-8-6-14(19)7-9-16/h2,5-10,13,15,20H,3-4,11-12H2,1H3,(H,21,23)/t13?,15-/m0/s1. The number of carbonyl (C=O) groups excluding carboxylic acids is 1. The number of nitrogens with zero attached hydrogens (tertiary/aromatic N) is 1. The summed E-state index contributed by atoms with van der Waals surface area (Å²) in [6.07, 6.45) is 3.71. The molecule has 0 bridgehead atoms. The first-order chi connectivity index (χ1) is 11.6. The highest BCUT2D eigenvalue weighted by atomic mass is 19.1. The summed E-state index contributed by atoms with van der Waals surface area (Å²) in [4.78, 5) is 17.4. The number of hydrogen-bond donors (Lipinski definition) is 2. The van der Waals surface area contributed by atoms with E-state index < -0.39 is 0 Å². The number of halogens is 1. The highest BCUT2D eigenvalue weighted by molar-refractivity contribution is 5.75. The maximum Gasteiger partial charge on any atom is 0.318 e. The molecule has 1 aliphatic rings. The molecule has 0 saturated carbocycles. The Morgan fingerprint density at radius 2 is 2.21 bits per heavy atom. The SMILES string of the molecule is CC(NC(=O)N1CCC[C@H]1COc1ccc(F)cc1)c1ccc[nH]1. The van der Waals surface area contributed by atoms with Gasteiger partial charge in [0.1, 0.15) is 18.2 Å². The molecule has 6 heteroatoms. The minimum atomic E-state index is -0.289. The summed E-state index contributed by atoms with van der Waals surface area (Å²) in [7, 11) is 0. The first kappa shape index (κ1) is 16.4. The van der Waals surface area contributed by atoms with Crippen molar-refractivity contribution < 1.29 is 13.9 Å². The molecule has 2 amide bonds. The van der Waals surface area contributed by atoms with Gasteiger partial charge in [-0.1, -0.05) is 0 Å². The average molecular weight is 331 g/mol. The number of rotatable bonds is 5. The molecular weight excluding hydrogens is 309 g/mol. The zero-order valence-electron chi connectivity index (χ0n) is 13.7. The fraction of sp³-hybridized carbons (Fsp3) is 0.389. The van der Waals surface area contributed by atoms with Crippen molar-refractivity contribution in [3.05, 3.63) is 54.1 Å². The van der Waals surface area contributed by atoms with Gasteiger partial charge in [-0.25, -0.2) is 9.18 Å². The van der Waals surface area contributed by atoms with Crippen molar-refractivity contribution >= 4 is 6.03 Å². The summed E-state index contributed by atoms with van der Waals surface area (Å²) in [6.45, 7) is 3.08. The molecule has 5 nitrogen and oxygen atoms in total. The highest BCUT2D eigenvalue weighted by Gasteiger charge is 2.30. The van der Waals surface area contributed by atoms with Crippen molar-refractivity contribution in [1.82, 2.24) is 15.2 Å². The molecule has 1 aromatic heterocycles. The summed E-state index contributed by atoms with van der Waals surface area (Å²) >= 11 is 0.